The van der Waals surface area contributed by atoms with Crippen LogP contribution in [0.5, 0.6) is 5.75 Å². The van der Waals surface area contributed by atoms with Gasteiger partial charge in [0.15, 0.2) is 11.0 Å². The first-order valence-electron chi connectivity index (χ1n) is 8.89. The Morgan fingerprint density at radius 1 is 1.25 bits per heavy atom. The van der Waals surface area contributed by atoms with Crippen LogP contribution in [0.3, 0.4) is 0 Å². The maximum absolute atomic E-state index is 6.19. The normalized spacial score (nSPS) is 13.9. The molecule has 4 aromatic rings. The molecule has 142 valence electrons. The van der Waals surface area contributed by atoms with Gasteiger partial charge in [0.1, 0.15) is 28.5 Å². The van der Waals surface area contributed by atoms with E-state index in [0.29, 0.717) is 23.4 Å². The SMILES string of the molecule is Cc1cc2c(Sc3nnc(COc4ccccc4Cl)n3C3CC3)ncnc2s1. The maximum Gasteiger partial charge on any atom is 0.197 e. The summed E-state index contributed by atoms with van der Waals surface area (Å²) in [6, 6.07) is 9.99. The third-order valence-corrected chi connectivity index (χ3v) is 6.69. The van der Waals surface area contributed by atoms with Gasteiger partial charge in [-0.2, -0.15) is 0 Å². The first-order chi connectivity index (χ1) is 13.7. The van der Waals surface area contributed by atoms with E-state index in [2.05, 4.69) is 37.7 Å². The molecule has 0 saturated heterocycles. The van der Waals surface area contributed by atoms with Crippen LogP contribution in [-0.4, -0.2) is 24.7 Å². The van der Waals surface area contributed by atoms with E-state index in [1.54, 1.807) is 17.7 Å². The second-order valence-electron chi connectivity index (χ2n) is 6.58. The molecular weight excluding hydrogens is 414 g/mol. The highest BCUT2D eigenvalue weighted by Crippen LogP contribution is 2.41. The van der Waals surface area contributed by atoms with Crippen LogP contribution in [0.4, 0.5) is 0 Å². The van der Waals surface area contributed by atoms with Crippen molar-refractivity contribution in [1.82, 2.24) is 24.7 Å². The molecule has 6 nitrogen and oxygen atoms in total. The number of halogens is 1. The summed E-state index contributed by atoms with van der Waals surface area (Å²) < 4.78 is 8.07. The van der Waals surface area contributed by atoms with Crippen LogP contribution in [-0.2, 0) is 6.61 Å². The number of aryl methyl sites for hydroxylation is 1. The molecule has 0 radical (unpaired) electrons. The van der Waals surface area contributed by atoms with Crippen molar-refractivity contribution in [1.29, 1.82) is 0 Å². The number of fused-ring (bicyclic) bond motifs is 1. The quantitative estimate of drug-likeness (QED) is 0.387. The summed E-state index contributed by atoms with van der Waals surface area (Å²) in [7, 11) is 0. The first-order valence-corrected chi connectivity index (χ1v) is 10.9. The Hall–Kier alpha value is -2.16. The average molecular weight is 430 g/mol. The summed E-state index contributed by atoms with van der Waals surface area (Å²) in [5, 5.41) is 12.2. The van der Waals surface area contributed by atoms with E-state index in [-0.39, 0.29) is 0 Å². The lowest BCUT2D eigenvalue weighted by molar-refractivity contribution is 0.288. The van der Waals surface area contributed by atoms with Gasteiger partial charge in [-0.05, 0) is 49.7 Å². The molecule has 1 aliphatic carbocycles. The molecule has 9 heteroatoms. The maximum atomic E-state index is 6.19. The zero-order valence-corrected chi connectivity index (χ0v) is 17.4. The Labute approximate surface area is 174 Å². The van der Waals surface area contributed by atoms with E-state index in [1.807, 2.05) is 24.3 Å². The molecule has 1 fully saturated rings. The third kappa shape index (κ3) is 3.47. The lowest BCUT2D eigenvalue weighted by Crippen LogP contribution is -2.07. The molecule has 0 aliphatic heterocycles. The van der Waals surface area contributed by atoms with E-state index in [4.69, 9.17) is 16.3 Å². The monoisotopic (exact) mass is 429 g/mol. The van der Waals surface area contributed by atoms with Crippen LogP contribution >= 0.6 is 34.7 Å². The van der Waals surface area contributed by atoms with Gasteiger partial charge in [0, 0.05) is 16.3 Å². The van der Waals surface area contributed by atoms with Gasteiger partial charge in [0.25, 0.3) is 0 Å². The van der Waals surface area contributed by atoms with Crippen molar-refractivity contribution in [3.63, 3.8) is 0 Å². The number of thiophene rings is 1. The number of hydrogen-bond donors (Lipinski definition) is 0. The Morgan fingerprint density at radius 3 is 2.93 bits per heavy atom. The zero-order valence-electron chi connectivity index (χ0n) is 15.0. The van der Waals surface area contributed by atoms with Gasteiger partial charge in [0.05, 0.1) is 5.02 Å². The first kappa shape index (κ1) is 17.9. The van der Waals surface area contributed by atoms with E-state index in [0.717, 1.165) is 39.1 Å². The number of nitrogens with zero attached hydrogens (tertiary/aromatic N) is 5. The fraction of sp³-hybridized carbons (Fsp3) is 0.263. The lowest BCUT2D eigenvalue weighted by atomic mass is 10.3. The molecule has 28 heavy (non-hydrogen) atoms. The zero-order chi connectivity index (χ0) is 19.1. The molecule has 1 aliphatic rings. The molecular formula is C19H16ClN5OS2. The summed E-state index contributed by atoms with van der Waals surface area (Å²) >= 11 is 9.40. The Morgan fingerprint density at radius 2 is 2.11 bits per heavy atom. The lowest BCUT2D eigenvalue weighted by Gasteiger charge is -2.10. The van der Waals surface area contributed by atoms with Crippen molar-refractivity contribution in [2.75, 3.05) is 0 Å². The van der Waals surface area contributed by atoms with Crippen LogP contribution in [0, 0.1) is 6.92 Å². The molecule has 0 amide bonds. The van der Waals surface area contributed by atoms with Crippen molar-refractivity contribution in [3.05, 3.63) is 52.4 Å². The Balaban J connectivity index is 1.43. The van der Waals surface area contributed by atoms with Gasteiger partial charge in [-0.3, -0.25) is 4.57 Å². The van der Waals surface area contributed by atoms with Crippen molar-refractivity contribution in [2.45, 2.75) is 42.6 Å². The second-order valence-corrected chi connectivity index (χ2v) is 9.17. The van der Waals surface area contributed by atoms with E-state index < -0.39 is 0 Å². The minimum Gasteiger partial charge on any atom is -0.484 e. The number of para-hydroxylation sites is 1. The van der Waals surface area contributed by atoms with Crippen molar-refractivity contribution < 1.29 is 4.74 Å². The minimum absolute atomic E-state index is 0.324. The number of benzene rings is 1. The van der Waals surface area contributed by atoms with Gasteiger partial charge in [-0.25, -0.2) is 9.97 Å². The van der Waals surface area contributed by atoms with Gasteiger partial charge >= 0.3 is 0 Å². The number of ether oxygens (including phenoxy) is 1. The summed E-state index contributed by atoms with van der Waals surface area (Å²) in [6.07, 6.45) is 3.86. The van der Waals surface area contributed by atoms with Gasteiger partial charge in [-0.15, -0.1) is 21.5 Å². The molecule has 0 N–H and O–H groups in total. The molecule has 0 atom stereocenters. The molecule has 0 unspecified atom stereocenters. The molecule has 0 bridgehead atoms. The van der Waals surface area contributed by atoms with E-state index in [9.17, 15) is 0 Å². The largest absolute Gasteiger partial charge is 0.484 e. The Kier molecular flexibility index (Phi) is 4.70. The average Bonchev–Trinajstić information content (AvgIpc) is 3.33. The van der Waals surface area contributed by atoms with Gasteiger partial charge in [0.2, 0.25) is 0 Å². The third-order valence-electron chi connectivity index (χ3n) is 4.44. The second kappa shape index (κ2) is 7.35. The fourth-order valence-corrected chi connectivity index (χ4v) is 5.08. The molecule has 5 rings (SSSR count). The van der Waals surface area contributed by atoms with E-state index >= 15 is 0 Å². The van der Waals surface area contributed by atoms with Crippen LogP contribution in [0.25, 0.3) is 10.2 Å². The Bertz CT molecular complexity index is 1150. The van der Waals surface area contributed by atoms with Gasteiger partial charge < -0.3 is 4.74 Å². The van der Waals surface area contributed by atoms with Crippen molar-refractivity contribution in [3.8, 4) is 5.75 Å². The topological polar surface area (TPSA) is 65.7 Å². The van der Waals surface area contributed by atoms with Crippen LogP contribution in [0.15, 0.2) is 46.8 Å². The van der Waals surface area contributed by atoms with Crippen LogP contribution < -0.4 is 4.74 Å². The molecule has 3 aromatic heterocycles. The van der Waals surface area contributed by atoms with E-state index in [1.165, 1.54) is 16.6 Å². The molecule has 0 spiro atoms. The highest BCUT2D eigenvalue weighted by Gasteiger charge is 2.30. The number of hydrogen-bond acceptors (Lipinski definition) is 7. The summed E-state index contributed by atoms with van der Waals surface area (Å²) in [6.45, 7) is 2.40. The highest BCUT2D eigenvalue weighted by atomic mass is 35.5. The predicted molar refractivity (Wildman–Crippen MR) is 110 cm³/mol. The smallest absolute Gasteiger partial charge is 0.197 e. The van der Waals surface area contributed by atoms with Crippen LogP contribution in [0.1, 0.15) is 29.6 Å². The van der Waals surface area contributed by atoms with Crippen LogP contribution in [0.2, 0.25) is 5.02 Å². The highest BCUT2D eigenvalue weighted by molar-refractivity contribution is 7.99. The number of rotatable bonds is 6. The summed E-state index contributed by atoms with van der Waals surface area (Å²) in [5.74, 6) is 1.45. The minimum atomic E-state index is 0.324. The predicted octanol–water partition coefficient (Wildman–Crippen LogP) is 5.31. The standard InChI is InChI=1S/C19H16ClN5OS2/c1-11-8-13-17(27-11)21-10-22-18(13)28-19-24-23-16(25(19)12-6-7-12)9-26-15-5-3-2-4-14(15)20/h2-5,8,10,12H,6-7,9H2,1H3. The molecule has 1 saturated carbocycles. The van der Waals surface area contributed by atoms with Gasteiger partial charge in [-0.1, -0.05) is 23.7 Å². The fourth-order valence-electron chi connectivity index (χ4n) is 3.00. The van der Waals surface area contributed by atoms with Crippen molar-refractivity contribution in [2.24, 2.45) is 0 Å². The molecule has 1 aromatic carbocycles. The van der Waals surface area contributed by atoms with Crippen molar-refractivity contribution >= 4 is 44.9 Å². The summed E-state index contributed by atoms with van der Waals surface area (Å²) in [5.41, 5.74) is 0. The molecule has 3 heterocycles. The number of aromatic nitrogens is 5. The summed E-state index contributed by atoms with van der Waals surface area (Å²) in [4.78, 5) is 11.1.